The summed E-state index contributed by atoms with van der Waals surface area (Å²) >= 11 is 0. The van der Waals surface area contributed by atoms with Gasteiger partial charge in [-0.25, -0.2) is 4.39 Å². The number of imide groups is 1. The molecule has 5 heteroatoms. The van der Waals surface area contributed by atoms with Crippen LogP contribution in [-0.4, -0.2) is 28.2 Å². The Bertz CT molecular complexity index is 1200. The normalized spacial score (nSPS) is 16.2. The van der Waals surface area contributed by atoms with Gasteiger partial charge in [0.2, 0.25) is 0 Å². The third-order valence-electron chi connectivity index (χ3n) is 5.94. The van der Waals surface area contributed by atoms with Crippen LogP contribution in [-0.2, 0) is 29.1 Å². The molecule has 2 aliphatic heterocycles. The average Bonchev–Trinajstić information content (AvgIpc) is 3.05. The molecular formula is C26H21FN2O2. The minimum Gasteiger partial charge on any atom is -0.362 e. The Labute approximate surface area is 180 Å². The molecular weight excluding hydrogens is 391 g/mol. The minimum atomic E-state index is -0.426. The van der Waals surface area contributed by atoms with Crippen molar-refractivity contribution in [2.75, 3.05) is 6.54 Å². The maximum Gasteiger partial charge on any atom is 0.278 e. The first-order chi connectivity index (χ1) is 15.1. The molecule has 0 saturated carbocycles. The maximum absolute atomic E-state index is 14.3. The van der Waals surface area contributed by atoms with Gasteiger partial charge < -0.3 is 4.90 Å². The van der Waals surface area contributed by atoms with Gasteiger partial charge in [0.1, 0.15) is 11.5 Å². The van der Waals surface area contributed by atoms with E-state index in [2.05, 4.69) is 12.1 Å². The van der Waals surface area contributed by atoms with Crippen LogP contribution in [0.25, 0.3) is 5.57 Å². The molecule has 2 heterocycles. The second kappa shape index (κ2) is 7.84. The summed E-state index contributed by atoms with van der Waals surface area (Å²) in [6, 6.07) is 23.7. The van der Waals surface area contributed by atoms with E-state index in [1.807, 2.05) is 47.4 Å². The number of rotatable bonds is 4. The Balaban J connectivity index is 1.55. The topological polar surface area (TPSA) is 40.6 Å². The second-order valence-corrected chi connectivity index (χ2v) is 7.82. The van der Waals surface area contributed by atoms with Gasteiger partial charge in [0.15, 0.2) is 0 Å². The lowest BCUT2D eigenvalue weighted by molar-refractivity contribution is -0.138. The van der Waals surface area contributed by atoms with Crippen molar-refractivity contribution in [3.05, 3.63) is 113 Å². The van der Waals surface area contributed by atoms with Crippen LogP contribution in [0.4, 0.5) is 4.39 Å². The average molecular weight is 412 g/mol. The fourth-order valence-electron chi connectivity index (χ4n) is 4.35. The van der Waals surface area contributed by atoms with Gasteiger partial charge in [-0.05, 0) is 29.2 Å². The number of halogens is 1. The number of carbonyl (C=O) groups is 2. The zero-order chi connectivity index (χ0) is 21.4. The van der Waals surface area contributed by atoms with Crippen molar-refractivity contribution < 1.29 is 14.0 Å². The minimum absolute atomic E-state index is 0.0887. The molecule has 2 aliphatic rings. The molecule has 0 saturated heterocycles. The lowest BCUT2D eigenvalue weighted by atomic mass is 9.98. The monoisotopic (exact) mass is 412 g/mol. The molecule has 3 aromatic carbocycles. The van der Waals surface area contributed by atoms with Crippen LogP contribution in [0.2, 0.25) is 0 Å². The van der Waals surface area contributed by atoms with Gasteiger partial charge in [-0.2, -0.15) is 0 Å². The lowest BCUT2D eigenvalue weighted by Gasteiger charge is -2.31. The molecule has 0 radical (unpaired) electrons. The van der Waals surface area contributed by atoms with Crippen LogP contribution in [0.1, 0.15) is 22.3 Å². The molecule has 2 amide bonds. The summed E-state index contributed by atoms with van der Waals surface area (Å²) in [5.74, 6) is -1.18. The first kappa shape index (κ1) is 19.2. The van der Waals surface area contributed by atoms with E-state index in [4.69, 9.17) is 0 Å². The Morgan fingerprint density at radius 2 is 1.45 bits per heavy atom. The van der Waals surface area contributed by atoms with Crippen LogP contribution in [0, 0.1) is 5.82 Å². The van der Waals surface area contributed by atoms with Crippen LogP contribution >= 0.6 is 0 Å². The molecule has 31 heavy (non-hydrogen) atoms. The molecule has 0 bridgehead atoms. The van der Waals surface area contributed by atoms with E-state index in [0.717, 1.165) is 16.9 Å². The fraction of sp³-hybridized carbons (Fsp3) is 0.154. The molecule has 0 aromatic heterocycles. The number of nitrogens with zero attached hydrogens (tertiary/aromatic N) is 2. The second-order valence-electron chi connectivity index (χ2n) is 7.82. The highest BCUT2D eigenvalue weighted by molar-refractivity contribution is 6.35. The molecule has 0 unspecified atom stereocenters. The molecule has 3 aromatic rings. The van der Waals surface area contributed by atoms with Crippen molar-refractivity contribution in [3.63, 3.8) is 0 Å². The third-order valence-corrected chi connectivity index (χ3v) is 5.94. The SMILES string of the molecule is O=C1C(c2ccccc2)=C(N2CCc3ccccc3C2)C(=O)N1Cc1ccccc1F. The number of fused-ring (bicyclic) bond motifs is 1. The van der Waals surface area contributed by atoms with Crippen LogP contribution in [0.15, 0.2) is 84.6 Å². The number of hydrogen-bond donors (Lipinski definition) is 0. The molecule has 0 atom stereocenters. The van der Waals surface area contributed by atoms with Gasteiger partial charge >= 0.3 is 0 Å². The smallest absolute Gasteiger partial charge is 0.278 e. The van der Waals surface area contributed by atoms with Crippen molar-refractivity contribution in [1.29, 1.82) is 0 Å². The van der Waals surface area contributed by atoms with Crippen LogP contribution in [0.5, 0.6) is 0 Å². The first-order valence-corrected chi connectivity index (χ1v) is 10.3. The highest BCUT2D eigenvalue weighted by Crippen LogP contribution is 2.35. The Kier molecular flexibility index (Phi) is 4.86. The van der Waals surface area contributed by atoms with Gasteiger partial charge in [0.25, 0.3) is 11.8 Å². The van der Waals surface area contributed by atoms with E-state index in [1.54, 1.807) is 18.2 Å². The van der Waals surface area contributed by atoms with Gasteiger partial charge in [0, 0.05) is 18.7 Å². The highest BCUT2D eigenvalue weighted by atomic mass is 19.1. The van der Waals surface area contributed by atoms with E-state index >= 15 is 0 Å². The summed E-state index contributed by atoms with van der Waals surface area (Å²) in [6.07, 6.45) is 0.802. The third kappa shape index (κ3) is 3.42. The van der Waals surface area contributed by atoms with Crippen molar-refractivity contribution in [1.82, 2.24) is 9.80 Å². The predicted octanol–water partition coefficient (Wildman–Crippen LogP) is 4.16. The Morgan fingerprint density at radius 3 is 2.23 bits per heavy atom. The molecule has 0 spiro atoms. The van der Waals surface area contributed by atoms with Crippen molar-refractivity contribution in [2.24, 2.45) is 0 Å². The van der Waals surface area contributed by atoms with Crippen LogP contribution < -0.4 is 0 Å². The summed E-state index contributed by atoms with van der Waals surface area (Å²) in [7, 11) is 0. The molecule has 0 N–H and O–H groups in total. The van der Waals surface area contributed by atoms with Gasteiger partial charge in [-0.15, -0.1) is 0 Å². The maximum atomic E-state index is 14.3. The lowest BCUT2D eigenvalue weighted by Crippen LogP contribution is -2.37. The van der Waals surface area contributed by atoms with E-state index < -0.39 is 5.82 Å². The van der Waals surface area contributed by atoms with Crippen molar-refractivity contribution in [3.8, 4) is 0 Å². The van der Waals surface area contributed by atoms with Gasteiger partial charge in [-0.1, -0.05) is 72.8 Å². The summed E-state index contributed by atoms with van der Waals surface area (Å²) < 4.78 is 14.3. The van der Waals surface area contributed by atoms with E-state index in [-0.39, 0.29) is 18.4 Å². The largest absolute Gasteiger partial charge is 0.362 e. The molecule has 0 aliphatic carbocycles. The zero-order valence-electron chi connectivity index (χ0n) is 16.9. The summed E-state index contributed by atoms with van der Waals surface area (Å²) in [5.41, 5.74) is 4.23. The number of benzene rings is 3. The fourth-order valence-corrected chi connectivity index (χ4v) is 4.35. The molecule has 4 nitrogen and oxygen atoms in total. The predicted molar refractivity (Wildman–Crippen MR) is 116 cm³/mol. The molecule has 154 valence electrons. The van der Waals surface area contributed by atoms with Gasteiger partial charge in [0.05, 0.1) is 12.1 Å². The number of carbonyl (C=O) groups excluding carboxylic acids is 2. The standard InChI is InChI=1S/C26H21FN2O2/c27-22-13-7-6-12-21(22)17-29-25(30)23(19-9-2-1-3-10-19)24(26(29)31)28-15-14-18-8-4-5-11-20(18)16-28/h1-13H,14-17H2. The Morgan fingerprint density at radius 1 is 0.774 bits per heavy atom. The Hall–Kier alpha value is -3.73. The summed E-state index contributed by atoms with van der Waals surface area (Å²) in [4.78, 5) is 30.1. The zero-order valence-corrected chi connectivity index (χ0v) is 16.9. The number of hydrogen-bond acceptors (Lipinski definition) is 3. The number of amides is 2. The first-order valence-electron chi connectivity index (χ1n) is 10.3. The van der Waals surface area contributed by atoms with Crippen LogP contribution in [0.3, 0.4) is 0 Å². The molecule has 0 fully saturated rings. The van der Waals surface area contributed by atoms with Crippen molar-refractivity contribution >= 4 is 17.4 Å². The summed E-state index contributed by atoms with van der Waals surface area (Å²) in [5, 5.41) is 0. The highest BCUT2D eigenvalue weighted by Gasteiger charge is 2.42. The van der Waals surface area contributed by atoms with Crippen molar-refractivity contribution in [2.45, 2.75) is 19.5 Å². The summed E-state index contributed by atoms with van der Waals surface area (Å²) in [6.45, 7) is 1.12. The van der Waals surface area contributed by atoms with E-state index in [0.29, 0.717) is 35.5 Å². The van der Waals surface area contributed by atoms with E-state index in [1.165, 1.54) is 11.6 Å². The van der Waals surface area contributed by atoms with E-state index in [9.17, 15) is 14.0 Å². The molecule has 5 rings (SSSR count). The quantitative estimate of drug-likeness (QED) is 0.604. The van der Waals surface area contributed by atoms with Gasteiger partial charge in [-0.3, -0.25) is 14.5 Å².